The first-order valence-electron chi connectivity index (χ1n) is 10.3. The number of nitrogens with zero attached hydrogens (tertiary/aromatic N) is 2. The van der Waals surface area contributed by atoms with Crippen molar-refractivity contribution < 1.29 is 28.9 Å². The largest absolute Gasteiger partial charge is 0.489 e. The van der Waals surface area contributed by atoms with Crippen molar-refractivity contribution in [2.24, 2.45) is 7.05 Å². The molecule has 1 atom stereocenters. The quantitative estimate of drug-likeness (QED) is 0.590. The molecule has 1 amide bonds. The summed E-state index contributed by atoms with van der Waals surface area (Å²) in [5.74, 6) is -1.78. The molecule has 170 valence electrons. The number of hydrogen-bond acceptors (Lipinski definition) is 6. The Morgan fingerprint density at radius 2 is 2.09 bits per heavy atom. The van der Waals surface area contributed by atoms with E-state index in [1.807, 2.05) is 38.1 Å². The van der Waals surface area contributed by atoms with E-state index in [9.17, 15) is 14.7 Å². The number of benzene rings is 2. The molecule has 9 heteroatoms. The number of nitriles is 1. The van der Waals surface area contributed by atoms with Crippen molar-refractivity contribution in [1.29, 1.82) is 5.26 Å². The first kappa shape index (κ1) is 22.3. The second-order valence-electron chi connectivity index (χ2n) is 8.18. The van der Waals surface area contributed by atoms with Gasteiger partial charge in [0.25, 0.3) is 5.91 Å². The number of aromatic carboxylic acids is 1. The number of carboxylic acid groups (broad SMARTS) is 1. The summed E-state index contributed by atoms with van der Waals surface area (Å²) in [7, 11) is 1.74. The number of fused-ring (bicyclic) bond motifs is 1. The maximum atomic E-state index is 13.0. The van der Waals surface area contributed by atoms with Crippen molar-refractivity contribution >= 4 is 28.5 Å². The molecule has 0 bridgehead atoms. The van der Waals surface area contributed by atoms with Crippen LogP contribution in [0, 0.1) is 11.3 Å². The first-order valence-corrected chi connectivity index (χ1v) is 10.3. The summed E-state index contributed by atoms with van der Waals surface area (Å²) in [4.78, 5) is 24.6. The molecule has 4 rings (SSSR count). The Labute approximate surface area is 190 Å². The van der Waals surface area contributed by atoms with Crippen LogP contribution in [0.4, 0.5) is 5.69 Å². The van der Waals surface area contributed by atoms with Crippen LogP contribution < -0.4 is 10.1 Å². The lowest BCUT2D eigenvalue weighted by molar-refractivity contribution is -0.141. The smallest absolute Gasteiger partial charge is 0.337 e. The average molecular weight is 449 g/mol. The van der Waals surface area contributed by atoms with Gasteiger partial charge in [-0.15, -0.1) is 0 Å². The summed E-state index contributed by atoms with van der Waals surface area (Å²) in [5, 5.41) is 21.9. The molecule has 0 spiro atoms. The number of rotatable bonds is 6. The van der Waals surface area contributed by atoms with Gasteiger partial charge in [-0.05, 0) is 44.2 Å². The van der Waals surface area contributed by atoms with Crippen LogP contribution in [0.25, 0.3) is 10.9 Å². The first-order chi connectivity index (χ1) is 15.7. The van der Waals surface area contributed by atoms with Gasteiger partial charge in [0.1, 0.15) is 24.2 Å². The highest BCUT2D eigenvalue weighted by molar-refractivity contribution is 6.09. The van der Waals surface area contributed by atoms with Gasteiger partial charge in [0.2, 0.25) is 0 Å². The molecule has 1 saturated heterocycles. The summed E-state index contributed by atoms with van der Waals surface area (Å²) in [6.07, 6.45) is -0.205. The van der Waals surface area contributed by atoms with E-state index in [0.717, 1.165) is 10.9 Å². The molecule has 33 heavy (non-hydrogen) atoms. The minimum atomic E-state index is -1.24. The zero-order chi connectivity index (χ0) is 23.8. The Kier molecular flexibility index (Phi) is 5.80. The topological polar surface area (TPSA) is 123 Å². The standard InChI is InChI=1S/C24H23N3O6/c1-24(2)32-13-16(33-24)12-31-20-6-4-5-15-10-19(27(3)21(15)20)22(28)26-18-8-7-14(11-25)9-17(18)23(29)30/h4-10,16H,12-13H2,1-3H3,(H,26,28)(H,29,30)/t16-/m0/s1. The van der Waals surface area contributed by atoms with Crippen molar-refractivity contribution in [2.75, 3.05) is 18.5 Å². The number of anilines is 1. The fraction of sp³-hybridized carbons (Fsp3) is 0.292. The second-order valence-corrected chi connectivity index (χ2v) is 8.18. The van der Waals surface area contributed by atoms with E-state index in [1.165, 1.54) is 18.2 Å². The fourth-order valence-electron chi connectivity index (χ4n) is 3.83. The summed E-state index contributed by atoms with van der Waals surface area (Å²) >= 11 is 0. The Hall–Kier alpha value is -3.87. The molecule has 1 aliphatic heterocycles. The van der Waals surface area contributed by atoms with Crippen LogP contribution in [-0.4, -0.2) is 46.7 Å². The van der Waals surface area contributed by atoms with Crippen LogP contribution in [-0.2, 0) is 16.5 Å². The number of aromatic nitrogens is 1. The average Bonchev–Trinajstić information content (AvgIpc) is 3.31. The summed E-state index contributed by atoms with van der Waals surface area (Å²) in [6, 6.07) is 13.2. The van der Waals surface area contributed by atoms with Crippen molar-refractivity contribution in [1.82, 2.24) is 4.57 Å². The molecular weight excluding hydrogens is 426 g/mol. The van der Waals surface area contributed by atoms with Gasteiger partial charge in [-0.2, -0.15) is 5.26 Å². The van der Waals surface area contributed by atoms with Gasteiger partial charge in [0, 0.05) is 12.4 Å². The molecule has 2 heterocycles. The summed E-state index contributed by atoms with van der Waals surface area (Å²) in [6.45, 7) is 4.42. The van der Waals surface area contributed by atoms with Gasteiger partial charge in [-0.3, -0.25) is 4.79 Å². The second kappa shape index (κ2) is 8.58. The molecule has 1 fully saturated rings. The predicted octanol–water partition coefficient (Wildman–Crippen LogP) is 3.53. The van der Waals surface area contributed by atoms with E-state index in [0.29, 0.717) is 24.7 Å². The molecule has 3 aromatic rings. The SMILES string of the molecule is Cn1c(C(=O)Nc2ccc(C#N)cc2C(=O)O)cc2cccc(OC[C@H]3COC(C)(C)O3)c21. The van der Waals surface area contributed by atoms with Crippen molar-refractivity contribution in [2.45, 2.75) is 25.7 Å². The van der Waals surface area contributed by atoms with Crippen LogP contribution in [0.5, 0.6) is 5.75 Å². The van der Waals surface area contributed by atoms with E-state index >= 15 is 0 Å². The molecule has 1 aromatic heterocycles. The maximum absolute atomic E-state index is 13.0. The number of aryl methyl sites for hydroxylation is 1. The van der Waals surface area contributed by atoms with Gasteiger partial charge in [0.15, 0.2) is 5.79 Å². The van der Waals surface area contributed by atoms with E-state index in [1.54, 1.807) is 17.7 Å². The van der Waals surface area contributed by atoms with Crippen LogP contribution in [0.15, 0.2) is 42.5 Å². The Morgan fingerprint density at radius 1 is 1.30 bits per heavy atom. The lowest BCUT2D eigenvalue weighted by atomic mass is 10.1. The number of ether oxygens (including phenoxy) is 3. The van der Waals surface area contributed by atoms with Crippen LogP contribution in [0.2, 0.25) is 0 Å². The molecule has 2 N–H and O–H groups in total. The molecule has 1 aliphatic rings. The zero-order valence-corrected chi connectivity index (χ0v) is 18.4. The van der Waals surface area contributed by atoms with Gasteiger partial charge >= 0.3 is 5.97 Å². The van der Waals surface area contributed by atoms with Crippen molar-refractivity contribution in [3.8, 4) is 11.8 Å². The van der Waals surface area contributed by atoms with E-state index < -0.39 is 17.7 Å². The van der Waals surface area contributed by atoms with Crippen molar-refractivity contribution in [3.63, 3.8) is 0 Å². The number of amides is 1. The predicted molar refractivity (Wildman–Crippen MR) is 119 cm³/mol. The summed E-state index contributed by atoms with van der Waals surface area (Å²) in [5.41, 5.74) is 1.18. The Morgan fingerprint density at radius 3 is 2.76 bits per heavy atom. The van der Waals surface area contributed by atoms with Crippen molar-refractivity contribution in [3.05, 3.63) is 59.3 Å². The molecule has 0 unspecified atom stereocenters. The monoisotopic (exact) mass is 449 g/mol. The molecule has 9 nitrogen and oxygen atoms in total. The molecule has 2 aromatic carbocycles. The third-order valence-electron chi connectivity index (χ3n) is 5.37. The number of carboxylic acids is 1. The maximum Gasteiger partial charge on any atom is 0.337 e. The lowest BCUT2D eigenvalue weighted by Gasteiger charge is -2.17. The summed E-state index contributed by atoms with van der Waals surface area (Å²) < 4.78 is 19.0. The highest BCUT2D eigenvalue weighted by Gasteiger charge is 2.33. The van der Waals surface area contributed by atoms with Crippen LogP contribution in [0.1, 0.15) is 40.3 Å². The highest BCUT2D eigenvalue weighted by Crippen LogP contribution is 2.30. The Balaban J connectivity index is 1.59. The Bertz CT molecular complexity index is 1290. The van der Waals surface area contributed by atoms with E-state index in [4.69, 9.17) is 19.5 Å². The van der Waals surface area contributed by atoms with Gasteiger partial charge in [-0.1, -0.05) is 12.1 Å². The van der Waals surface area contributed by atoms with Gasteiger partial charge in [-0.25, -0.2) is 4.79 Å². The third-order valence-corrected chi connectivity index (χ3v) is 5.37. The number of hydrogen-bond donors (Lipinski definition) is 2. The van der Waals surface area contributed by atoms with Crippen LogP contribution in [0.3, 0.4) is 0 Å². The van der Waals surface area contributed by atoms with Crippen LogP contribution >= 0.6 is 0 Å². The van der Waals surface area contributed by atoms with E-state index in [2.05, 4.69) is 5.32 Å². The number of carbonyl (C=O) groups is 2. The number of nitrogens with one attached hydrogen (secondary N) is 1. The van der Waals surface area contributed by atoms with E-state index in [-0.39, 0.29) is 22.9 Å². The zero-order valence-electron chi connectivity index (χ0n) is 18.4. The van der Waals surface area contributed by atoms with Gasteiger partial charge in [0.05, 0.1) is 35.0 Å². The number of carbonyl (C=O) groups excluding carboxylic acids is 1. The van der Waals surface area contributed by atoms with Gasteiger partial charge < -0.3 is 29.2 Å². The molecular formula is C24H23N3O6. The molecule has 0 aliphatic carbocycles. The minimum Gasteiger partial charge on any atom is -0.489 e. The normalized spacial score (nSPS) is 17.0. The lowest BCUT2D eigenvalue weighted by Crippen LogP contribution is -2.25. The fourth-order valence-corrected chi connectivity index (χ4v) is 3.83. The third kappa shape index (κ3) is 4.53. The number of para-hydroxylation sites is 1. The minimum absolute atomic E-state index is 0.106. The molecule has 0 saturated carbocycles. The highest BCUT2D eigenvalue weighted by atomic mass is 16.7. The molecule has 0 radical (unpaired) electrons.